The molecule has 2 rings (SSSR count). The number of ether oxygens (including phenoxy) is 1. The van der Waals surface area contributed by atoms with Crippen molar-refractivity contribution < 1.29 is 14.3 Å². The van der Waals surface area contributed by atoms with Crippen LogP contribution < -0.4 is 0 Å². The summed E-state index contributed by atoms with van der Waals surface area (Å²) in [6.45, 7) is 4.00. The van der Waals surface area contributed by atoms with E-state index in [1.165, 1.54) is 0 Å². The SMILES string of the molecule is CC.O=C1OC(=O)C2=C1C=CCC=C2. The molecule has 2 aliphatic rings. The van der Waals surface area contributed by atoms with Crippen LogP contribution in [0.2, 0.25) is 0 Å². The quantitative estimate of drug-likeness (QED) is 0.435. The molecular formula is C11H12O3. The van der Waals surface area contributed by atoms with E-state index in [-0.39, 0.29) is 0 Å². The molecule has 0 aromatic heterocycles. The molecule has 1 aliphatic carbocycles. The van der Waals surface area contributed by atoms with Gasteiger partial charge in [0.25, 0.3) is 0 Å². The summed E-state index contributed by atoms with van der Waals surface area (Å²) < 4.78 is 4.41. The van der Waals surface area contributed by atoms with Crippen LogP contribution in [0.5, 0.6) is 0 Å². The van der Waals surface area contributed by atoms with Gasteiger partial charge >= 0.3 is 11.9 Å². The Labute approximate surface area is 82.8 Å². The third-order valence-corrected chi connectivity index (χ3v) is 1.76. The number of cyclic esters (lactones) is 2. The van der Waals surface area contributed by atoms with Crippen LogP contribution in [-0.2, 0) is 14.3 Å². The van der Waals surface area contributed by atoms with E-state index in [1.54, 1.807) is 12.2 Å². The predicted molar refractivity (Wildman–Crippen MR) is 52.4 cm³/mol. The molecule has 1 heterocycles. The smallest absolute Gasteiger partial charge is 0.346 e. The fraction of sp³-hybridized carbons (Fsp3) is 0.273. The van der Waals surface area contributed by atoms with Crippen LogP contribution in [0, 0.1) is 0 Å². The summed E-state index contributed by atoms with van der Waals surface area (Å²) in [6, 6.07) is 0. The van der Waals surface area contributed by atoms with Crippen LogP contribution in [0.3, 0.4) is 0 Å². The van der Waals surface area contributed by atoms with Gasteiger partial charge < -0.3 is 4.74 Å². The summed E-state index contributed by atoms with van der Waals surface area (Å²) >= 11 is 0. The van der Waals surface area contributed by atoms with Crippen molar-refractivity contribution in [3.8, 4) is 0 Å². The average Bonchev–Trinajstić information content (AvgIpc) is 2.44. The molecule has 0 aromatic rings. The first-order chi connectivity index (χ1) is 6.79. The second kappa shape index (κ2) is 4.56. The van der Waals surface area contributed by atoms with Crippen molar-refractivity contribution in [2.45, 2.75) is 20.3 Å². The summed E-state index contributed by atoms with van der Waals surface area (Å²) in [5.41, 5.74) is 0.738. The van der Waals surface area contributed by atoms with Crippen molar-refractivity contribution in [3.05, 3.63) is 35.5 Å². The van der Waals surface area contributed by atoms with Gasteiger partial charge in [-0.25, -0.2) is 9.59 Å². The molecule has 1 aliphatic heterocycles. The zero-order valence-electron chi connectivity index (χ0n) is 8.24. The van der Waals surface area contributed by atoms with E-state index < -0.39 is 11.9 Å². The maximum absolute atomic E-state index is 11.0. The molecule has 0 radical (unpaired) electrons. The van der Waals surface area contributed by atoms with Gasteiger partial charge in [-0.05, 0) is 6.42 Å². The zero-order valence-corrected chi connectivity index (χ0v) is 8.24. The first-order valence-corrected chi connectivity index (χ1v) is 4.63. The topological polar surface area (TPSA) is 43.4 Å². The number of carbonyl (C=O) groups excluding carboxylic acids is 2. The van der Waals surface area contributed by atoms with E-state index in [2.05, 4.69) is 4.74 Å². The molecule has 0 spiro atoms. The largest absolute Gasteiger partial charge is 0.386 e. The predicted octanol–water partition coefficient (Wildman–Crippen LogP) is 1.91. The summed E-state index contributed by atoms with van der Waals surface area (Å²) in [5, 5.41) is 0. The second-order valence-corrected chi connectivity index (χ2v) is 2.54. The summed E-state index contributed by atoms with van der Waals surface area (Å²) in [6.07, 6.45) is 7.64. The Morgan fingerprint density at radius 2 is 1.43 bits per heavy atom. The minimum absolute atomic E-state index is 0.369. The zero-order chi connectivity index (χ0) is 10.6. The molecule has 0 saturated heterocycles. The number of allylic oxidation sites excluding steroid dienone is 2. The molecule has 0 unspecified atom stereocenters. The fourth-order valence-electron chi connectivity index (χ4n) is 1.18. The van der Waals surface area contributed by atoms with Crippen LogP contribution in [0.15, 0.2) is 35.5 Å². The lowest BCUT2D eigenvalue weighted by Gasteiger charge is -1.87. The van der Waals surface area contributed by atoms with E-state index >= 15 is 0 Å². The van der Waals surface area contributed by atoms with Crippen molar-refractivity contribution in [2.75, 3.05) is 0 Å². The molecule has 0 N–H and O–H groups in total. The molecule has 0 bridgehead atoms. The number of carbonyl (C=O) groups is 2. The van der Waals surface area contributed by atoms with E-state index in [0.29, 0.717) is 11.1 Å². The van der Waals surface area contributed by atoms with E-state index in [4.69, 9.17) is 0 Å². The highest BCUT2D eigenvalue weighted by atomic mass is 16.6. The minimum atomic E-state index is -0.544. The monoisotopic (exact) mass is 192 g/mol. The van der Waals surface area contributed by atoms with E-state index in [0.717, 1.165) is 6.42 Å². The van der Waals surface area contributed by atoms with Crippen LogP contribution in [0.1, 0.15) is 20.3 Å². The average molecular weight is 192 g/mol. The van der Waals surface area contributed by atoms with Gasteiger partial charge in [-0.1, -0.05) is 38.2 Å². The van der Waals surface area contributed by atoms with E-state index in [9.17, 15) is 9.59 Å². The molecule has 0 aromatic carbocycles. The van der Waals surface area contributed by atoms with Crippen LogP contribution in [0.4, 0.5) is 0 Å². The van der Waals surface area contributed by atoms with E-state index in [1.807, 2.05) is 26.0 Å². The van der Waals surface area contributed by atoms with Gasteiger partial charge in [-0.3, -0.25) is 0 Å². The maximum Gasteiger partial charge on any atom is 0.346 e. The minimum Gasteiger partial charge on any atom is -0.386 e. The third-order valence-electron chi connectivity index (χ3n) is 1.76. The highest BCUT2D eigenvalue weighted by molar-refractivity contribution is 6.15. The Hall–Kier alpha value is -1.64. The molecule has 3 heteroatoms. The van der Waals surface area contributed by atoms with Crippen LogP contribution >= 0.6 is 0 Å². The molecule has 0 atom stereocenters. The molecule has 3 nitrogen and oxygen atoms in total. The number of hydrogen-bond donors (Lipinski definition) is 0. The second-order valence-electron chi connectivity index (χ2n) is 2.54. The highest BCUT2D eigenvalue weighted by Crippen LogP contribution is 2.21. The third kappa shape index (κ3) is 1.82. The van der Waals surface area contributed by atoms with Gasteiger partial charge in [0.05, 0.1) is 11.1 Å². The summed E-state index contributed by atoms with van der Waals surface area (Å²) in [5.74, 6) is -1.09. The van der Waals surface area contributed by atoms with Crippen LogP contribution in [-0.4, -0.2) is 11.9 Å². The fourth-order valence-corrected chi connectivity index (χ4v) is 1.18. The normalized spacial score (nSPS) is 18.4. The maximum atomic E-state index is 11.0. The van der Waals surface area contributed by atoms with Crippen molar-refractivity contribution in [1.29, 1.82) is 0 Å². The lowest BCUT2D eigenvalue weighted by molar-refractivity contribution is -0.150. The number of rotatable bonds is 0. The Balaban J connectivity index is 0.000000461. The van der Waals surface area contributed by atoms with Gasteiger partial charge in [0, 0.05) is 0 Å². The molecule has 0 fully saturated rings. The van der Waals surface area contributed by atoms with Gasteiger partial charge in [-0.2, -0.15) is 0 Å². The first kappa shape index (κ1) is 10.4. The lowest BCUT2D eigenvalue weighted by atomic mass is 10.1. The molecule has 0 saturated carbocycles. The molecule has 14 heavy (non-hydrogen) atoms. The Kier molecular flexibility index (Phi) is 3.40. The van der Waals surface area contributed by atoms with Crippen LogP contribution in [0.25, 0.3) is 0 Å². The molecular weight excluding hydrogens is 180 g/mol. The van der Waals surface area contributed by atoms with Crippen molar-refractivity contribution >= 4 is 11.9 Å². The first-order valence-electron chi connectivity index (χ1n) is 4.63. The number of hydrogen-bond acceptors (Lipinski definition) is 3. The van der Waals surface area contributed by atoms with Gasteiger partial charge in [-0.15, -0.1) is 0 Å². The van der Waals surface area contributed by atoms with Gasteiger partial charge in [0.1, 0.15) is 0 Å². The van der Waals surface area contributed by atoms with Crippen molar-refractivity contribution in [2.24, 2.45) is 0 Å². The summed E-state index contributed by atoms with van der Waals surface area (Å²) in [7, 11) is 0. The van der Waals surface area contributed by atoms with Gasteiger partial charge in [0.15, 0.2) is 0 Å². The number of esters is 2. The summed E-state index contributed by atoms with van der Waals surface area (Å²) in [4.78, 5) is 22.0. The standard InChI is InChI=1S/C9H6O3.C2H6/c10-8-6-4-2-1-3-5-7(6)9(11)12-8;1-2/h2-5H,1H2;1-2H3. The molecule has 74 valence electrons. The lowest BCUT2D eigenvalue weighted by Crippen LogP contribution is -2.01. The Bertz CT molecular complexity index is 314. The van der Waals surface area contributed by atoms with Crippen molar-refractivity contribution in [1.82, 2.24) is 0 Å². The Morgan fingerprint density at radius 3 is 1.86 bits per heavy atom. The molecule has 0 amide bonds. The van der Waals surface area contributed by atoms with Gasteiger partial charge in [0.2, 0.25) is 0 Å². The highest BCUT2D eigenvalue weighted by Gasteiger charge is 2.29. The Morgan fingerprint density at radius 1 is 1.00 bits per heavy atom. The van der Waals surface area contributed by atoms with Crippen molar-refractivity contribution in [3.63, 3.8) is 0 Å².